The molecule has 0 aliphatic rings. The average molecular weight is 285 g/mol. The molecule has 0 radical (unpaired) electrons. The lowest BCUT2D eigenvalue weighted by molar-refractivity contribution is -0.129. The van der Waals surface area contributed by atoms with Crippen molar-refractivity contribution in [2.24, 2.45) is 0 Å². The Morgan fingerprint density at radius 3 is 2.56 bits per heavy atom. The number of nitrogens with one attached hydrogen (secondary N) is 1. The van der Waals surface area contributed by atoms with Crippen LogP contribution in [0.15, 0.2) is 22.7 Å². The second-order valence-electron chi connectivity index (χ2n) is 4.06. The number of carbonyl (C=O) groups excluding carboxylic acids is 1. The number of amides is 1. The van der Waals surface area contributed by atoms with Crippen LogP contribution in [0.1, 0.15) is 12.5 Å². The molecule has 1 N–H and O–H groups in total. The fraction of sp³-hybridized carbons (Fsp3) is 0.417. The van der Waals surface area contributed by atoms with Crippen molar-refractivity contribution in [3.05, 3.63) is 28.2 Å². The summed E-state index contributed by atoms with van der Waals surface area (Å²) in [6.07, 6.45) is 0. The lowest BCUT2D eigenvalue weighted by atomic mass is 10.2. The van der Waals surface area contributed by atoms with E-state index in [1.165, 1.54) is 0 Å². The van der Waals surface area contributed by atoms with Gasteiger partial charge in [0.1, 0.15) is 6.04 Å². The van der Waals surface area contributed by atoms with Crippen molar-refractivity contribution < 1.29 is 4.79 Å². The van der Waals surface area contributed by atoms with E-state index in [0.29, 0.717) is 0 Å². The first-order valence-electron chi connectivity index (χ1n) is 5.15. The van der Waals surface area contributed by atoms with Crippen LogP contribution in [0.4, 0.5) is 5.69 Å². The standard InChI is InChI=1S/C12H17BrN2O/c1-8-7-10(5-6-11(8)13)14-9(2)12(16)15(3)4/h5-7,9,14H,1-4H3. The third kappa shape index (κ3) is 3.23. The van der Waals surface area contributed by atoms with Crippen LogP contribution in [0, 0.1) is 6.92 Å². The first kappa shape index (κ1) is 13.0. The number of anilines is 1. The molecule has 0 saturated carbocycles. The minimum absolute atomic E-state index is 0.0700. The van der Waals surface area contributed by atoms with Gasteiger partial charge in [-0.1, -0.05) is 15.9 Å². The Morgan fingerprint density at radius 1 is 1.44 bits per heavy atom. The van der Waals surface area contributed by atoms with E-state index in [4.69, 9.17) is 0 Å². The second kappa shape index (κ2) is 5.34. The van der Waals surface area contributed by atoms with Crippen molar-refractivity contribution in [2.45, 2.75) is 19.9 Å². The van der Waals surface area contributed by atoms with Crippen molar-refractivity contribution >= 4 is 27.5 Å². The molecule has 0 fully saturated rings. The molecule has 16 heavy (non-hydrogen) atoms. The zero-order valence-corrected chi connectivity index (χ0v) is 11.6. The molecule has 1 atom stereocenters. The van der Waals surface area contributed by atoms with Crippen molar-refractivity contribution in [3.8, 4) is 0 Å². The van der Waals surface area contributed by atoms with Gasteiger partial charge >= 0.3 is 0 Å². The molecule has 0 heterocycles. The van der Waals surface area contributed by atoms with Crippen molar-refractivity contribution in [2.75, 3.05) is 19.4 Å². The van der Waals surface area contributed by atoms with Crippen LogP contribution in [0.3, 0.4) is 0 Å². The molecule has 4 heteroatoms. The van der Waals surface area contributed by atoms with Gasteiger partial charge in [0.25, 0.3) is 0 Å². The number of aryl methyl sites for hydroxylation is 1. The van der Waals surface area contributed by atoms with Crippen LogP contribution < -0.4 is 5.32 Å². The molecule has 1 aromatic rings. The van der Waals surface area contributed by atoms with E-state index in [0.717, 1.165) is 15.7 Å². The summed E-state index contributed by atoms with van der Waals surface area (Å²) in [5.74, 6) is 0.0700. The normalized spacial score (nSPS) is 12.1. The highest BCUT2D eigenvalue weighted by Gasteiger charge is 2.14. The van der Waals surface area contributed by atoms with E-state index in [1.54, 1.807) is 19.0 Å². The monoisotopic (exact) mass is 284 g/mol. The van der Waals surface area contributed by atoms with Gasteiger partial charge in [-0.15, -0.1) is 0 Å². The summed E-state index contributed by atoms with van der Waals surface area (Å²) in [5, 5.41) is 3.18. The van der Waals surface area contributed by atoms with Gasteiger partial charge in [-0.3, -0.25) is 4.79 Å². The molecule has 0 bridgehead atoms. The molecule has 1 unspecified atom stereocenters. The van der Waals surface area contributed by atoms with Crippen molar-refractivity contribution in [1.82, 2.24) is 4.90 Å². The van der Waals surface area contributed by atoms with Crippen LogP contribution in [-0.2, 0) is 4.79 Å². The number of nitrogens with zero attached hydrogens (tertiary/aromatic N) is 1. The first-order valence-corrected chi connectivity index (χ1v) is 5.95. The third-order valence-corrected chi connectivity index (χ3v) is 3.24. The number of halogens is 1. The van der Waals surface area contributed by atoms with E-state index in [-0.39, 0.29) is 11.9 Å². The molecule has 3 nitrogen and oxygen atoms in total. The van der Waals surface area contributed by atoms with E-state index in [2.05, 4.69) is 21.2 Å². The molecule has 0 aliphatic heterocycles. The molecule has 0 spiro atoms. The van der Waals surface area contributed by atoms with Crippen LogP contribution in [0.2, 0.25) is 0 Å². The molecule has 0 saturated heterocycles. The number of hydrogen-bond acceptors (Lipinski definition) is 2. The Balaban J connectivity index is 2.73. The Hall–Kier alpha value is -1.03. The predicted molar refractivity (Wildman–Crippen MR) is 70.7 cm³/mol. The highest BCUT2D eigenvalue weighted by atomic mass is 79.9. The summed E-state index contributed by atoms with van der Waals surface area (Å²) in [6, 6.07) is 5.74. The van der Waals surface area contributed by atoms with E-state index >= 15 is 0 Å². The number of rotatable bonds is 3. The highest BCUT2D eigenvalue weighted by molar-refractivity contribution is 9.10. The lowest BCUT2D eigenvalue weighted by Crippen LogP contribution is -2.36. The molecule has 1 aromatic carbocycles. The van der Waals surface area contributed by atoms with Gasteiger partial charge in [-0.2, -0.15) is 0 Å². The number of carbonyl (C=O) groups is 1. The second-order valence-corrected chi connectivity index (χ2v) is 4.92. The SMILES string of the molecule is Cc1cc(NC(C)C(=O)N(C)C)ccc1Br. The van der Waals surface area contributed by atoms with Gasteiger partial charge in [0.2, 0.25) is 5.91 Å². The van der Waals surface area contributed by atoms with Gasteiger partial charge in [0, 0.05) is 24.3 Å². The van der Waals surface area contributed by atoms with Gasteiger partial charge in [0.15, 0.2) is 0 Å². The molecule has 0 aromatic heterocycles. The molecule has 1 amide bonds. The van der Waals surface area contributed by atoms with Gasteiger partial charge in [-0.05, 0) is 37.6 Å². The van der Waals surface area contributed by atoms with Crippen LogP contribution in [-0.4, -0.2) is 30.9 Å². The van der Waals surface area contributed by atoms with Crippen LogP contribution >= 0.6 is 15.9 Å². The van der Waals surface area contributed by atoms with Crippen LogP contribution in [0.25, 0.3) is 0 Å². The molecule has 0 aliphatic carbocycles. The predicted octanol–water partition coefficient (Wildman–Crippen LogP) is 2.65. The maximum atomic E-state index is 11.7. The largest absolute Gasteiger partial charge is 0.374 e. The van der Waals surface area contributed by atoms with Crippen LogP contribution in [0.5, 0.6) is 0 Å². The van der Waals surface area contributed by atoms with Crippen molar-refractivity contribution in [3.63, 3.8) is 0 Å². The van der Waals surface area contributed by atoms with E-state index in [1.807, 2.05) is 32.0 Å². The molecule has 1 rings (SSSR count). The van der Waals surface area contributed by atoms with Gasteiger partial charge in [0.05, 0.1) is 0 Å². The topological polar surface area (TPSA) is 32.3 Å². The number of hydrogen-bond donors (Lipinski definition) is 1. The Bertz CT molecular complexity index is 391. The summed E-state index contributed by atoms with van der Waals surface area (Å²) in [4.78, 5) is 13.2. The minimum Gasteiger partial charge on any atom is -0.374 e. The lowest BCUT2D eigenvalue weighted by Gasteiger charge is -2.19. The Labute approximate surface area is 105 Å². The minimum atomic E-state index is -0.212. The average Bonchev–Trinajstić information content (AvgIpc) is 2.22. The molecule has 88 valence electrons. The Kier molecular flexibility index (Phi) is 4.35. The quantitative estimate of drug-likeness (QED) is 0.926. The summed E-state index contributed by atoms with van der Waals surface area (Å²) >= 11 is 3.44. The summed E-state index contributed by atoms with van der Waals surface area (Å²) < 4.78 is 1.07. The summed E-state index contributed by atoms with van der Waals surface area (Å²) in [7, 11) is 3.51. The smallest absolute Gasteiger partial charge is 0.244 e. The summed E-state index contributed by atoms with van der Waals surface area (Å²) in [5.41, 5.74) is 2.11. The first-order chi connectivity index (χ1) is 7.41. The maximum absolute atomic E-state index is 11.7. The zero-order valence-electron chi connectivity index (χ0n) is 10.0. The van der Waals surface area contributed by atoms with E-state index < -0.39 is 0 Å². The Morgan fingerprint density at radius 2 is 2.06 bits per heavy atom. The summed E-state index contributed by atoms with van der Waals surface area (Å²) in [6.45, 7) is 3.88. The zero-order chi connectivity index (χ0) is 12.3. The van der Waals surface area contributed by atoms with Crippen molar-refractivity contribution in [1.29, 1.82) is 0 Å². The third-order valence-electron chi connectivity index (χ3n) is 2.35. The maximum Gasteiger partial charge on any atom is 0.244 e. The fourth-order valence-electron chi connectivity index (χ4n) is 1.43. The van der Waals surface area contributed by atoms with Gasteiger partial charge in [-0.25, -0.2) is 0 Å². The molecular weight excluding hydrogens is 268 g/mol. The van der Waals surface area contributed by atoms with E-state index in [9.17, 15) is 4.79 Å². The van der Waals surface area contributed by atoms with Gasteiger partial charge < -0.3 is 10.2 Å². The fourth-order valence-corrected chi connectivity index (χ4v) is 1.68. The highest BCUT2D eigenvalue weighted by Crippen LogP contribution is 2.20. The molecular formula is C12H17BrN2O. The number of likely N-dealkylation sites (N-methyl/N-ethyl adjacent to an activating group) is 1. The number of benzene rings is 1.